The molecule has 2 N–H and O–H groups in total. The summed E-state index contributed by atoms with van der Waals surface area (Å²) in [7, 11) is -3.01. The van der Waals surface area contributed by atoms with Gasteiger partial charge < -0.3 is 10.5 Å². The predicted molar refractivity (Wildman–Crippen MR) is 143 cm³/mol. The summed E-state index contributed by atoms with van der Waals surface area (Å²) in [5.74, 6) is -2.07. The molecule has 1 aromatic heterocycles. The molecule has 0 aliphatic carbocycles. The van der Waals surface area contributed by atoms with E-state index in [2.05, 4.69) is 0 Å². The molecule has 37 heavy (non-hydrogen) atoms. The molecule has 0 unspecified atom stereocenters. The van der Waals surface area contributed by atoms with E-state index in [-0.39, 0.29) is 25.9 Å². The SMILES string of the molecule is COC(=O)C1=c2s/c(=C/c3ccccc3)c(=O)n2C(N)=C(S(=O)(=O)c2ccccc2)[C@@H]1c1ccccc1. The fourth-order valence-electron chi connectivity index (χ4n) is 4.39. The van der Waals surface area contributed by atoms with Gasteiger partial charge in [-0.3, -0.25) is 9.36 Å². The molecule has 0 fully saturated rings. The van der Waals surface area contributed by atoms with E-state index in [0.29, 0.717) is 10.1 Å². The summed E-state index contributed by atoms with van der Waals surface area (Å²) in [6.45, 7) is 0. The molecule has 0 spiro atoms. The molecule has 186 valence electrons. The van der Waals surface area contributed by atoms with E-state index in [1.165, 1.54) is 19.2 Å². The van der Waals surface area contributed by atoms with Gasteiger partial charge in [0.2, 0.25) is 9.84 Å². The van der Waals surface area contributed by atoms with E-state index in [4.69, 9.17) is 10.5 Å². The van der Waals surface area contributed by atoms with Crippen LogP contribution >= 0.6 is 11.3 Å². The van der Waals surface area contributed by atoms with E-state index in [1.54, 1.807) is 54.6 Å². The molecule has 9 heteroatoms. The van der Waals surface area contributed by atoms with Gasteiger partial charge in [-0.15, -0.1) is 11.3 Å². The van der Waals surface area contributed by atoms with Crippen LogP contribution in [-0.4, -0.2) is 26.1 Å². The van der Waals surface area contributed by atoms with Gasteiger partial charge in [-0.2, -0.15) is 0 Å². The molecule has 0 amide bonds. The molecule has 0 saturated heterocycles. The number of carbonyl (C=O) groups excluding carboxylic acids is 1. The first-order chi connectivity index (χ1) is 17.8. The van der Waals surface area contributed by atoms with Crippen LogP contribution < -0.4 is 20.5 Å². The van der Waals surface area contributed by atoms with E-state index in [0.717, 1.165) is 21.5 Å². The summed E-state index contributed by atoms with van der Waals surface area (Å²) in [4.78, 5) is 26.6. The molecule has 3 aromatic carbocycles. The summed E-state index contributed by atoms with van der Waals surface area (Å²) in [6, 6.07) is 25.8. The Labute approximate surface area is 217 Å². The predicted octanol–water partition coefficient (Wildman–Crippen LogP) is 2.42. The first kappa shape index (κ1) is 24.5. The fraction of sp³-hybridized carbons (Fsp3) is 0.0714. The number of methoxy groups -OCH3 is 1. The Morgan fingerprint density at radius 2 is 1.51 bits per heavy atom. The standard InChI is InChI=1S/C28H22N2O5S2/c1-35-28(32)23-22(19-13-7-3-8-14-19)24(37(33,34)20-15-9-4-10-16-20)25(29)30-26(31)21(36-27(23)30)17-18-11-5-2-6-12-18/h2-17,22H,29H2,1H3/b21-17+/t22-/m1/s1. The van der Waals surface area contributed by atoms with Gasteiger partial charge in [0, 0.05) is 0 Å². The fourth-order valence-corrected chi connectivity index (χ4v) is 7.26. The first-order valence-electron chi connectivity index (χ1n) is 11.3. The van der Waals surface area contributed by atoms with Crippen LogP contribution in [0, 0.1) is 0 Å². The number of esters is 1. The van der Waals surface area contributed by atoms with Crippen LogP contribution in [0.2, 0.25) is 0 Å². The Balaban J connectivity index is 1.93. The number of nitrogens with two attached hydrogens (primary N) is 1. The normalized spacial score (nSPS) is 16.0. The zero-order chi connectivity index (χ0) is 26.2. The smallest absolute Gasteiger partial charge is 0.337 e. The molecule has 2 heterocycles. The van der Waals surface area contributed by atoms with Gasteiger partial charge in [0.1, 0.15) is 15.4 Å². The second-order valence-electron chi connectivity index (χ2n) is 8.28. The molecule has 4 aromatic rings. The monoisotopic (exact) mass is 530 g/mol. The lowest BCUT2D eigenvalue weighted by Gasteiger charge is -2.27. The Hall–Kier alpha value is -4.21. The summed E-state index contributed by atoms with van der Waals surface area (Å²) in [5.41, 5.74) is 7.36. The largest absolute Gasteiger partial charge is 0.466 e. The number of fused-ring (bicyclic) bond motifs is 1. The molecule has 1 atom stereocenters. The van der Waals surface area contributed by atoms with Gasteiger partial charge in [-0.25, -0.2) is 13.2 Å². The third kappa shape index (κ3) is 4.22. The highest BCUT2D eigenvalue weighted by molar-refractivity contribution is 7.95. The number of thiazole rings is 1. The maximum atomic E-state index is 14.0. The summed E-state index contributed by atoms with van der Waals surface area (Å²) in [5, 5.41) is 0. The van der Waals surface area contributed by atoms with Crippen molar-refractivity contribution in [3.8, 4) is 0 Å². The first-order valence-corrected chi connectivity index (χ1v) is 13.6. The van der Waals surface area contributed by atoms with Crippen molar-refractivity contribution in [3.05, 3.63) is 127 Å². The Bertz CT molecular complexity index is 1810. The van der Waals surface area contributed by atoms with Gasteiger partial charge in [0.25, 0.3) is 5.56 Å². The van der Waals surface area contributed by atoms with Crippen molar-refractivity contribution in [1.82, 2.24) is 4.57 Å². The Morgan fingerprint density at radius 1 is 0.946 bits per heavy atom. The third-order valence-electron chi connectivity index (χ3n) is 6.08. The lowest BCUT2D eigenvalue weighted by atomic mass is 9.89. The molecule has 1 aliphatic heterocycles. The number of hydrogen-bond acceptors (Lipinski definition) is 7. The van der Waals surface area contributed by atoms with Crippen LogP contribution in [0.4, 0.5) is 0 Å². The zero-order valence-electron chi connectivity index (χ0n) is 19.7. The minimum atomic E-state index is -4.23. The second kappa shape index (κ2) is 9.68. The molecule has 0 radical (unpaired) electrons. The van der Waals surface area contributed by atoms with Gasteiger partial charge in [0.15, 0.2) is 0 Å². The van der Waals surface area contributed by atoms with Crippen molar-refractivity contribution >= 4 is 44.6 Å². The van der Waals surface area contributed by atoms with E-state index >= 15 is 0 Å². The van der Waals surface area contributed by atoms with Gasteiger partial charge in [-0.1, -0.05) is 78.9 Å². The average Bonchev–Trinajstić information content (AvgIpc) is 3.25. The molecule has 1 aliphatic rings. The molecule has 7 nitrogen and oxygen atoms in total. The van der Waals surface area contributed by atoms with Crippen LogP contribution in [0.3, 0.4) is 0 Å². The maximum absolute atomic E-state index is 14.0. The number of carbonyl (C=O) groups is 1. The van der Waals surface area contributed by atoms with Crippen LogP contribution in [0.5, 0.6) is 0 Å². The van der Waals surface area contributed by atoms with E-state index in [9.17, 15) is 18.0 Å². The zero-order valence-corrected chi connectivity index (χ0v) is 21.3. The number of hydrogen-bond donors (Lipinski definition) is 1. The molecular weight excluding hydrogens is 508 g/mol. The average molecular weight is 531 g/mol. The lowest BCUT2D eigenvalue weighted by molar-refractivity contribution is -0.134. The highest BCUT2D eigenvalue weighted by Crippen LogP contribution is 2.41. The Morgan fingerprint density at radius 3 is 2.11 bits per heavy atom. The molecule has 0 saturated carbocycles. The number of ether oxygens (including phenoxy) is 1. The number of sulfone groups is 1. The van der Waals surface area contributed by atoms with Crippen molar-refractivity contribution in [3.63, 3.8) is 0 Å². The summed E-state index contributed by atoms with van der Waals surface area (Å²) < 4.78 is 34.8. The van der Waals surface area contributed by atoms with Crippen LogP contribution in [0.15, 0.2) is 106 Å². The van der Waals surface area contributed by atoms with Gasteiger partial charge in [-0.05, 0) is 29.3 Å². The van der Waals surface area contributed by atoms with Crippen molar-refractivity contribution in [1.29, 1.82) is 0 Å². The topological polar surface area (TPSA) is 108 Å². The number of allylic oxidation sites excluding steroid dienone is 1. The van der Waals surface area contributed by atoms with Crippen LogP contribution in [0.25, 0.3) is 17.5 Å². The molecular formula is C28H22N2O5S2. The molecule has 0 bridgehead atoms. The summed E-state index contributed by atoms with van der Waals surface area (Å²) in [6.07, 6.45) is 1.68. The molecule has 5 rings (SSSR count). The number of aromatic nitrogens is 1. The van der Waals surface area contributed by atoms with Crippen molar-refractivity contribution < 1.29 is 17.9 Å². The quantitative estimate of drug-likeness (QED) is 0.397. The van der Waals surface area contributed by atoms with Gasteiger partial charge >= 0.3 is 5.97 Å². The van der Waals surface area contributed by atoms with E-state index < -0.39 is 27.3 Å². The van der Waals surface area contributed by atoms with Crippen molar-refractivity contribution in [2.45, 2.75) is 10.8 Å². The number of nitrogens with zero attached hydrogens (tertiary/aromatic N) is 1. The Kier molecular flexibility index (Phi) is 6.41. The highest BCUT2D eigenvalue weighted by atomic mass is 32.2. The minimum Gasteiger partial charge on any atom is -0.466 e. The minimum absolute atomic E-state index is 0.000831. The highest BCUT2D eigenvalue weighted by Gasteiger charge is 2.42. The van der Waals surface area contributed by atoms with Crippen LogP contribution in [-0.2, 0) is 19.4 Å². The number of rotatable bonds is 5. The van der Waals surface area contributed by atoms with E-state index in [1.807, 2.05) is 30.3 Å². The van der Waals surface area contributed by atoms with Crippen LogP contribution in [0.1, 0.15) is 17.0 Å². The van der Waals surface area contributed by atoms with Gasteiger partial charge in [0.05, 0.1) is 28.0 Å². The second-order valence-corrected chi connectivity index (χ2v) is 11.2. The third-order valence-corrected chi connectivity index (χ3v) is 9.10. The summed E-state index contributed by atoms with van der Waals surface area (Å²) >= 11 is 1.07. The van der Waals surface area contributed by atoms with Crippen molar-refractivity contribution in [2.24, 2.45) is 5.73 Å². The number of benzene rings is 3. The lowest BCUT2D eigenvalue weighted by Crippen LogP contribution is -2.41. The van der Waals surface area contributed by atoms with Crippen molar-refractivity contribution in [2.75, 3.05) is 7.11 Å². The maximum Gasteiger partial charge on any atom is 0.337 e.